The molecule has 5 nitrogen and oxygen atoms in total. The predicted octanol–water partition coefficient (Wildman–Crippen LogP) is 0.343. The lowest BCUT2D eigenvalue weighted by Gasteiger charge is -2.22. The summed E-state index contributed by atoms with van der Waals surface area (Å²) < 4.78 is 0. The van der Waals surface area contributed by atoms with Gasteiger partial charge >= 0.3 is 0 Å². The fraction of sp³-hybridized carbons (Fsp3) is 0.333. The van der Waals surface area contributed by atoms with Crippen LogP contribution in [0, 0.1) is 0 Å². The molecule has 1 aliphatic heterocycles. The summed E-state index contributed by atoms with van der Waals surface area (Å²) in [5.41, 5.74) is 7.23. The molecule has 2 amide bonds. The smallest absolute Gasteiger partial charge is 0.245 e. The Balaban J connectivity index is 2.57. The van der Waals surface area contributed by atoms with Gasteiger partial charge in [-0.25, -0.2) is 0 Å². The first kappa shape index (κ1) is 11.6. The highest BCUT2D eigenvalue weighted by Crippen LogP contribution is 2.31. The summed E-state index contributed by atoms with van der Waals surface area (Å²) in [6, 6.07) is 6.61. The molecule has 1 aromatic carbocycles. The number of carbonyl (C=O) groups is 2. The average Bonchev–Trinajstić information content (AvgIpc) is 2.41. The van der Waals surface area contributed by atoms with E-state index < -0.39 is 6.04 Å². The van der Waals surface area contributed by atoms with E-state index in [9.17, 15) is 9.59 Å². The molecule has 0 unspecified atom stereocenters. The third-order valence-corrected chi connectivity index (χ3v) is 2.94. The number of nitrogens with zero attached hydrogens (tertiary/aromatic N) is 2. The molecule has 2 N–H and O–H groups in total. The molecule has 0 saturated carbocycles. The summed E-state index contributed by atoms with van der Waals surface area (Å²) in [6.45, 7) is 1.69. The average molecular weight is 233 g/mol. The van der Waals surface area contributed by atoms with E-state index in [4.69, 9.17) is 5.73 Å². The molecular formula is C12H15N3O2. The van der Waals surface area contributed by atoms with Gasteiger partial charge in [-0.1, -0.05) is 12.1 Å². The third-order valence-electron chi connectivity index (χ3n) is 2.94. The molecule has 0 bridgehead atoms. The van der Waals surface area contributed by atoms with Crippen LogP contribution in [0.1, 0.15) is 6.92 Å². The number of carbonyl (C=O) groups excluding carboxylic acids is 2. The number of para-hydroxylation sites is 2. The lowest BCUT2D eigenvalue weighted by atomic mass is 10.2. The lowest BCUT2D eigenvalue weighted by Crippen LogP contribution is -2.47. The minimum atomic E-state index is -0.684. The minimum absolute atomic E-state index is 0.115. The number of hydrogen-bond acceptors (Lipinski definition) is 3. The van der Waals surface area contributed by atoms with E-state index in [1.54, 1.807) is 18.0 Å². The molecule has 0 spiro atoms. The maximum atomic E-state index is 11.9. The first-order chi connectivity index (χ1) is 8.02. The van der Waals surface area contributed by atoms with E-state index in [0.29, 0.717) is 5.69 Å². The zero-order valence-corrected chi connectivity index (χ0v) is 9.88. The Bertz CT molecular complexity index is 473. The van der Waals surface area contributed by atoms with Gasteiger partial charge < -0.3 is 15.5 Å². The van der Waals surface area contributed by atoms with E-state index in [2.05, 4.69) is 0 Å². The SMILES string of the molecule is CC(=O)N1C[C@H](N)C(=O)N(C)c2ccccc21. The molecule has 0 aromatic heterocycles. The van der Waals surface area contributed by atoms with Crippen LogP contribution in [0.5, 0.6) is 0 Å². The van der Waals surface area contributed by atoms with E-state index in [1.165, 1.54) is 11.8 Å². The second-order valence-electron chi connectivity index (χ2n) is 4.12. The van der Waals surface area contributed by atoms with Crippen LogP contribution in [-0.4, -0.2) is 31.4 Å². The van der Waals surface area contributed by atoms with Crippen LogP contribution in [-0.2, 0) is 9.59 Å². The van der Waals surface area contributed by atoms with E-state index >= 15 is 0 Å². The molecule has 0 saturated heterocycles. The van der Waals surface area contributed by atoms with Gasteiger partial charge in [0, 0.05) is 14.0 Å². The Morgan fingerprint density at radius 1 is 1.35 bits per heavy atom. The van der Waals surface area contributed by atoms with E-state index in [1.807, 2.05) is 18.2 Å². The monoisotopic (exact) mass is 233 g/mol. The largest absolute Gasteiger partial charge is 0.318 e. The van der Waals surface area contributed by atoms with Crippen molar-refractivity contribution >= 4 is 23.2 Å². The van der Waals surface area contributed by atoms with Crippen molar-refractivity contribution in [1.29, 1.82) is 0 Å². The lowest BCUT2D eigenvalue weighted by molar-refractivity contribution is -0.119. The highest BCUT2D eigenvalue weighted by Gasteiger charge is 2.30. The van der Waals surface area contributed by atoms with Crippen LogP contribution < -0.4 is 15.5 Å². The highest BCUT2D eigenvalue weighted by molar-refractivity contribution is 6.06. The summed E-state index contributed by atoms with van der Waals surface area (Å²) in [5.74, 6) is -0.294. The second-order valence-corrected chi connectivity index (χ2v) is 4.12. The zero-order chi connectivity index (χ0) is 12.6. The Hall–Kier alpha value is -1.88. The van der Waals surface area contributed by atoms with Gasteiger partial charge in [-0.15, -0.1) is 0 Å². The maximum Gasteiger partial charge on any atom is 0.245 e. The first-order valence-corrected chi connectivity index (χ1v) is 5.42. The molecule has 5 heteroatoms. The normalized spacial score (nSPS) is 19.9. The Morgan fingerprint density at radius 3 is 2.53 bits per heavy atom. The minimum Gasteiger partial charge on any atom is -0.318 e. The Morgan fingerprint density at radius 2 is 1.94 bits per heavy atom. The fourth-order valence-electron chi connectivity index (χ4n) is 2.01. The quantitative estimate of drug-likeness (QED) is 0.702. The summed E-state index contributed by atoms with van der Waals surface area (Å²) >= 11 is 0. The number of nitrogens with two attached hydrogens (primary N) is 1. The van der Waals surface area contributed by atoms with Gasteiger partial charge in [0.15, 0.2) is 0 Å². The Labute approximate surface area is 99.8 Å². The van der Waals surface area contributed by atoms with E-state index in [0.717, 1.165) is 5.69 Å². The molecule has 1 heterocycles. The van der Waals surface area contributed by atoms with Crippen LogP contribution in [0.2, 0.25) is 0 Å². The van der Waals surface area contributed by atoms with Crippen molar-refractivity contribution in [2.75, 3.05) is 23.4 Å². The van der Waals surface area contributed by atoms with E-state index in [-0.39, 0.29) is 18.4 Å². The molecule has 1 aromatic rings. The molecule has 1 atom stereocenters. The summed E-state index contributed by atoms with van der Waals surface area (Å²) in [7, 11) is 1.67. The second kappa shape index (κ2) is 4.18. The van der Waals surface area contributed by atoms with Gasteiger partial charge in [0.25, 0.3) is 0 Å². The number of benzene rings is 1. The molecular weight excluding hydrogens is 218 g/mol. The molecule has 2 rings (SSSR count). The number of anilines is 2. The van der Waals surface area contributed by atoms with Crippen molar-refractivity contribution in [2.24, 2.45) is 5.73 Å². The highest BCUT2D eigenvalue weighted by atomic mass is 16.2. The van der Waals surface area contributed by atoms with Gasteiger partial charge in [-0.3, -0.25) is 9.59 Å². The maximum absolute atomic E-state index is 11.9. The molecule has 17 heavy (non-hydrogen) atoms. The van der Waals surface area contributed by atoms with Crippen molar-refractivity contribution in [3.8, 4) is 0 Å². The van der Waals surface area contributed by atoms with Gasteiger partial charge in [0.1, 0.15) is 6.04 Å². The first-order valence-electron chi connectivity index (χ1n) is 5.42. The molecule has 0 aliphatic carbocycles. The molecule has 0 fully saturated rings. The van der Waals surface area contributed by atoms with Crippen LogP contribution >= 0.6 is 0 Å². The third kappa shape index (κ3) is 1.89. The van der Waals surface area contributed by atoms with Gasteiger partial charge in [0.05, 0.1) is 17.9 Å². The topological polar surface area (TPSA) is 66.6 Å². The van der Waals surface area contributed by atoms with Crippen LogP contribution in [0.4, 0.5) is 11.4 Å². The summed E-state index contributed by atoms with van der Waals surface area (Å²) in [4.78, 5) is 26.6. The summed E-state index contributed by atoms with van der Waals surface area (Å²) in [5, 5.41) is 0. The number of amides is 2. The summed E-state index contributed by atoms with van der Waals surface area (Å²) in [6.07, 6.45) is 0. The standard InChI is InChI=1S/C12H15N3O2/c1-8(16)15-7-9(13)12(17)14(2)10-5-3-4-6-11(10)15/h3-6,9H,7,13H2,1-2H3/t9-/m0/s1. The van der Waals surface area contributed by atoms with Crippen LogP contribution in [0.25, 0.3) is 0 Å². The Kier molecular flexibility index (Phi) is 2.85. The number of likely N-dealkylation sites (N-methyl/N-ethyl adjacent to an activating group) is 1. The number of fused-ring (bicyclic) bond motifs is 1. The predicted molar refractivity (Wildman–Crippen MR) is 65.9 cm³/mol. The van der Waals surface area contributed by atoms with Gasteiger partial charge in [-0.2, -0.15) is 0 Å². The van der Waals surface area contributed by atoms with Crippen molar-refractivity contribution in [3.05, 3.63) is 24.3 Å². The van der Waals surface area contributed by atoms with Crippen molar-refractivity contribution in [2.45, 2.75) is 13.0 Å². The van der Waals surface area contributed by atoms with Crippen LogP contribution in [0.15, 0.2) is 24.3 Å². The molecule has 0 radical (unpaired) electrons. The van der Waals surface area contributed by atoms with Gasteiger partial charge in [0.2, 0.25) is 11.8 Å². The van der Waals surface area contributed by atoms with Crippen LogP contribution in [0.3, 0.4) is 0 Å². The molecule has 90 valence electrons. The fourth-order valence-corrected chi connectivity index (χ4v) is 2.01. The molecule has 1 aliphatic rings. The van der Waals surface area contributed by atoms with Crippen molar-refractivity contribution in [3.63, 3.8) is 0 Å². The van der Waals surface area contributed by atoms with Crippen molar-refractivity contribution in [1.82, 2.24) is 0 Å². The van der Waals surface area contributed by atoms with Gasteiger partial charge in [-0.05, 0) is 12.1 Å². The number of rotatable bonds is 0. The number of hydrogen-bond donors (Lipinski definition) is 1. The van der Waals surface area contributed by atoms with Crippen molar-refractivity contribution < 1.29 is 9.59 Å². The zero-order valence-electron chi connectivity index (χ0n) is 9.88.